The summed E-state index contributed by atoms with van der Waals surface area (Å²) in [6.07, 6.45) is -0.567. The van der Waals surface area contributed by atoms with E-state index in [2.05, 4.69) is 38.1 Å². The van der Waals surface area contributed by atoms with Crippen molar-refractivity contribution >= 4 is 0 Å². The van der Waals surface area contributed by atoms with E-state index < -0.39 is 6.10 Å². The Morgan fingerprint density at radius 2 is 1.35 bits per heavy atom. The molecule has 0 aliphatic heterocycles. The predicted octanol–water partition coefficient (Wildman–Crippen LogP) is 3.26. The van der Waals surface area contributed by atoms with Gasteiger partial charge in [0.15, 0.2) is 0 Å². The second-order valence-corrected chi connectivity index (χ2v) is 5.51. The van der Waals surface area contributed by atoms with Gasteiger partial charge in [0.05, 0.1) is 6.10 Å². The first-order chi connectivity index (χ1) is 9.63. The zero-order valence-electron chi connectivity index (χ0n) is 12.2. The summed E-state index contributed by atoms with van der Waals surface area (Å²) in [6, 6.07) is 18.5. The third-order valence-electron chi connectivity index (χ3n) is 3.75. The largest absolute Gasteiger partial charge is 0.391 e. The van der Waals surface area contributed by atoms with Crippen LogP contribution in [0.1, 0.15) is 42.4 Å². The lowest BCUT2D eigenvalue weighted by Gasteiger charge is -2.23. The van der Waals surface area contributed by atoms with Crippen LogP contribution in [0.5, 0.6) is 0 Å². The summed E-state index contributed by atoms with van der Waals surface area (Å²) in [5.74, 6) is 0.445. The highest BCUT2D eigenvalue weighted by Gasteiger charge is 2.21. The molecule has 2 aromatic carbocycles. The van der Waals surface area contributed by atoms with Crippen molar-refractivity contribution in [1.29, 1.82) is 0 Å². The molecule has 0 saturated carbocycles. The van der Waals surface area contributed by atoms with E-state index in [0.717, 1.165) is 11.1 Å². The minimum absolute atomic E-state index is 0.0672. The van der Waals surface area contributed by atoms with Gasteiger partial charge in [0, 0.05) is 12.5 Å². The summed E-state index contributed by atoms with van der Waals surface area (Å²) < 4.78 is 0. The molecule has 20 heavy (non-hydrogen) atoms. The molecule has 0 bridgehead atoms. The molecule has 0 saturated heterocycles. The normalized spacial score (nSPS) is 14.2. The maximum Gasteiger partial charge on any atom is 0.0771 e. The van der Waals surface area contributed by atoms with E-state index in [4.69, 9.17) is 5.73 Å². The van der Waals surface area contributed by atoms with Crippen molar-refractivity contribution in [1.82, 2.24) is 0 Å². The highest BCUT2D eigenvalue weighted by atomic mass is 16.3. The molecule has 2 atom stereocenters. The minimum atomic E-state index is -0.567. The molecule has 2 unspecified atom stereocenters. The second-order valence-electron chi connectivity index (χ2n) is 5.51. The Bertz CT molecular complexity index is 519. The second kappa shape index (κ2) is 6.69. The van der Waals surface area contributed by atoms with Gasteiger partial charge in [-0.15, -0.1) is 0 Å². The first-order valence-electron chi connectivity index (χ1n) is 7.16. The highest BCUT2D eigenvalue weighted by molar-refractivity contribution is 5.36. The van der Waals surface area contributed by atoms with Crippen molar-refractivity contribution in [3.63, 3.8) is 0 Å². The molecule has 2 aromatic rings. The Balaban J connectivity index is 2.37. The van der Waals surface area contributed by atoms with Crippen molar-refractivity contribution < 1.29 is 5.11 Å². The van der Waals surface area contributed by atoms with Crippen molar-refractivity contribution in [2.45, 2.75) is 31.8 Å². The van der Waals surface area contributed by atoms with Gasteiger partial charge in [0.25, 0.3) is 0 Å². The molecule has 0 radical (unpaired) electrons. The standard InChI is InChI=1S/C18H23NO/c1-13(2)14-8-10-16(11-9-14)18(17(20)12-19)15-6-4-3-5-7-15/h3-11,13,17-18,20H,12,19H2,1-2H3. The van der Waals surface area contributed by atoms with Crippen LogP contribution in [0.15, 0.2) is 54.6 Å². The van der Waals surface area contributed by atoms with Crippen LogP contribution >= 0.6 is 0 Å². The van der Waals surface area contributed by atoms with Gasteiger partial charge in [-0.1, -0.05) is 68.4 Å². The van der Waals surface area contributed by atoms with Crippen molar-refractivity contribution in [2.75, 3.05) is 6.54 Å². The first-order valence-corrected chi connectivity index (χ1v) is 7.16. The summed E-state index contributed by atoms with van der Waals surface area (Å²) in [4.78, 5) is 0. The predicted molar refractivity (Wildman–Crippen MR) is 83.9 cm³/mol. The summed E-state index contributed by atoms with van der Waals surface area (Å²) in [5.41, 5.74) is 9.19. The van der Waals surface area contributed by atoms with Crippen LogP contribution in [0.4, 0.5) is 0 Å². The van der Waals surface area contributed by atoms with Crippen molar-refractivity contribution in [3.8, 4) is 0 Å². The summed E-state index contributed by atoms with van der Waals surface area (Å²) >= 11 is 0. The Hall–Kier alpha value is -1.64. The molecule has 0 aliphatic rings. The molecule has 2 heteroatoms. The number of nitrogens with two attached hydrogens (primary N) is 1. The van der Waals surface area contributed by atoms with Crippen LogP contribution in [0.3, 0.4) is 0 Å². The molecule has 0 aliphatic carbocycles. The monoisotopic (exact) mass is 269 g/mol. The molecule has 0 amide bonds. The van der Waals surface area contributed by atoms with Gasteiger partial charge >= 0.3 is 0 Å². The van der Waals surface area contributed by atoms with Gasteiger partial charge < -0.3 is 10.8 Å². The van der Waals surface area contributed by atoms with Crippen LogP contribution in [0.25, 0.3) is 0 Å². The first kappa shape index (κ1) is 14.8. The Morgan fingerprint density at radius 3 is 1.85 bits per heavy atom. The number of hydrogen-bond donors (Lipinski definition) is 2. The van der Waals surface area contributed by atoms with Gasteiger partial charge in [0.2, 0.25) is 0 Å². The van der Waals surface area contributed by atoms with Gasteiger partial charge in [0.1, 0.15) is 0 Å². The Morgan fingerprint density at radius 1 is 0.850 bits per heavy atom. The van der Waals surface area contributed by atoms with Gasteiger partial charge in [-0.3, -0.25) is 0 Å². The van der Waals surface area contributed by atoms with Gasteiger partial charge in [-0.25, -0.2) is 0 Å². The lowest BCUT2D eigenvalue weighted by Crippen LogP contribution is -2.28. The molecule has 0 fully saturated rings. The molecule has 0 spiro atoms. The summed E-state index contributed by atoms with van der Waals surface area (Å²) in [6.45, 7) is 4.61. The molecular formula is C18H23NO. The third kappa shape index (κ3) is 3.27. The third-order valence-corrected chi connectivity index (χ3v) is 3.75. The molecule has 3 N–H and O–H groups in total. The number of hydrogen-bond acceptors (Lipinski definition) is 2. The van der Waals surface area contributed by atoms with Crippen molar-refractivity contribution in [3.05, 3.63) is 71.3 Å². The van der Waals surface area contributed by atoms with E-state index in [9.17, 15) is 5.11 Å². The van der Waals surface area contributed by atoms with Crippen LogP contribution in [0, 0.1) is 0 Å². The van der Waals surface area contributed by atoms with Crippen LogP contribution in [-0.4, -0.2) is 17.8 Å². The van der Waals surface area contributed by atoms with Gasteiger partial charge in [-0.2, -0.15) is 0 Å². The molecule has 0 heterocycles. The Kier molecular flexibility index (Phi) is 4.94. The van der Waals surface area contributed by atoms with E-state index in [0.29, 0.717) is 5.92 Å². The molecule has 2 nitrogen and oxygen atoms in total. The Labute approximate surface area is 121 Å². The van der Waals surface area contributed by atoms with E-state index in [-0.39, 0.29) is 12.5 Å². The fraction of sp³-hybridized carbons (Fsp3) is 0.333. The maximum absolute atomic E-state index is 10.3. The maximum atomic E-state index is 10.3. The molecular weight excluding hydrogens is 246 g/mol. The van der Waals surface area contributed by atoms with Crippen molar-refractivity contribution in [2.24, 2.45) is 5.73 Å². The number of aliphatic hydroxyl groups is 1. The fourth-order valence-electron chi connectivity index (χ4n) is 2.52. The number of benzene rings is 2. The lowest BCUT2D eigenvalue weighted by molar-refractivity contribution is 0.164. The fourth-order valence-corrected chi connectivity index (χ4v) is 2.52. The summed E-state index contributed by atoms with van der Waals surface area (Å²) in [7, 11) is 0. The zero-order chi connectivity index (χ0) is 14.5. The minimum Gasteiger partial charge on any atom is -0.391 e. The number of aliphatic hydroxyl groups excluding tert-OH is 1. The average molecular weight is 269 g/mol. The lowest BCUT2D eigenvalue weighted by atomic mass is 9.85. The van der Waals surface area contributed by atoms with Crippen LogP contribution in [-0.2, 0) is 0 Å². The van der Waals surface area contributed by atoms with Crippen LogP contribution < -0.4 is 5.73 Å². The SMILES string of the molecule is CC(C)c1ccc(C(c2ccccc2)C(O)CN)cc1. The number of rotatable bonds is 5. The van der Waals surface area contributed by atoms with E-state index in [1.807, 2.05) is 30.3 Å². The van der Waals surface area contributed by atoms with Gasteiger partial charge in [-0.05, 0) is 22.6 Å². The van der Waals surface area contributed by atoms with E-state index >= 15 is 0 Å². The molecule has 0 aromatic heterocycles. The molecule has 106 valence electrons. The highest BCUT2D eigenvalue weighted by Crippen LogP contribution is 2.29. The molecule has 2 rings (SSSR count). The smallest absolute Gasteiger partial charge is 0.0771 e. The average Bonchev–Trinajstić information content (AvgIpc) is 2.49. The van der Waals surface area contributed by atoms with E-state index in [1.54, 1.807) is 0 Å². The van der Waals surface area contributed by atoms with E-state index in [1.165, 1.54) is 5.56 Å². The zero-order valence-corrected chi connectivity index (χ0v) is 12.2. The van der Waals surface area contributed by atoms with Crippen LogP contribution in [0.2, 0.25) is 0 Å². The quantitative estimate of drug-likeness (QED) is 0.875. The topological polar surface area (TPSA) is 46.2 Å². The summed E-state index contributed by atoms with van der Waals surface area (Å²) in [5, 5.41) is 10.3.